The summed E-state index contributed by atoms with van der Waals surface area (Å²) in [5.74, 6) is 0.895. The molecule has 1 aliphatic rings. The van der Waals surface area contributed by atoms with Crippen LogP contribution in [0.25, 0.3) is 0 Å². The van der Waals surface area contributed by atoms with Gasteiger partial charge in [-0.2, -0.15) is 0 Å². The Morgan fingerprint density at radius 1 is 0.950 bits per heavy atom. The van der Waals surface area contributed by atoms with Gasteiger partial charge in [0.2, 0.25) is 0 Å². The molecule has 2 heteroatoms. The van der Waals surface area contributed by atoms with E-state index in [1.54, 1.807) is 0 Å². The minimum Gasteiger partial charge on any atom is -0.435 e. The second kappa shape index (κ2) is 12.0. The molecule has 116 valence electrons. The Morgan fingerprint density at radius 3 is 2.20 bits per heavy atom. The van der Waals surface area contributed by atoms with E-state index in [-0.39, 0.29) is 5.97 Å². The van der Waals surface area contributed by atoms with Crippen molar-refractivity contribution in [3.8, 4) is 0 Å². The van der Waals surface area contributed by atoms with Crippen LogP contribution < -0.4 is 0 Å². The van der Waals surface area contributed by atoms with Gasteiger partial charge in [0, 0.05) is 6.42 Å². The molecule has 0 bridgehead atoms. The first-order chi connectivity index (χ1) is 9.83. The summed E-state index contributed by atoms with van der Waals surface area (Å²) in [6.07, 6.45) is 19.5. The minimum atomic E-state index is -0.146. The van der Waals surface area contributed by atoms with E-state index in [0.717, 1.165) is 18.8 Å². The van der Waals surface area contributed by atoms with Crippen LogP contribution in [0.15, 0.2) is 12.8 Å². The summed E-state index contributed by atoms with van der Waals surface area (Å²) in [7, 11) is 0. The van der Waals surface area contributed by atoms with Crippen molar-refractivity contribution in [2.24, 2.45) is 5.92 Å². The summed E-state index contributed by atoms with van der Waals surface area (Å²) < 4.78 is 4.68. The van der Waals surface area contributed by atoms with Gasteiger partial charge in [-0.05, 0) is 12.3 Å². The number of ether oxygens (including phenoxy) is 1. The highest BCUT2D eigenvalue weighted by Crippen LogP contribution is 2.28. The van der Waals surface area contributed by atoms with E-state index in [4.69, 9.17) is 0 Å². The van der Waals surface area contributed by atoms with Crippen LogP contribution in [0, 0.1) is 5.92 Å². The molecule has 0 unspecified atom stereocenters. The Bertz CT molecular complexity index is 254. The molecule has 0 heterocycles. The van der Waals surface area contributed by atoms with Crippen molar-refractivity contribution in [3.63, 3.8) is 0 Å². The Labute approximate surface area is 125 Å². The summed E-state index contributed by atoms with van der Waals surface area (Å²) in [4.78, 5) is 11.1. The lowest BCUT2D eigenvalue weighted by atomic mass is 9.85. The fraction of sp³-hybridized carbons (Fsp3) is 0.833. The minimum absolute atomic E-state index is 0.146. The smallest absolute Gasteiger partial charge is 0.310 e. The van der Waals surface area contributed by atoms with Crippen molar-refractivity contribution in [2.45, 2.75) is 89.9 Å². The first kappa shape index (κ1) is 17.3. The molecule has 1 aliphatic carbocycles. The molecule has 0 amide bonds. The van der Waals surface area contributed by atoms with E-state index < -0.39 is 0 Å². The van der Waals surface area contributed by atoms with Crippen molar-refractivity contribution in [3.05, 3.63) is 12.8 Å². The lowest BCUT2D eigenvalue weighted by Crippen LogP contribution is -2.05. The van der Waals surface area contributed by atoms with Crippen molar-refractivity contribution in [1.29, 1.82) is 0 Å². The number of esters is 1. The number of unbranched alkanes of at least 4 members (excludes halogenated alkanes) is 6. The first-order valence-corrected chi connectivity index (χ1v) is 8.63. The van der Waals surface area contributed by atoms with Crippen LogP contribution in [0.4, 0.5) is 0 Å². The Kier molecular flexibility index (Phi) is 10.3. The van der Waals surface area contributed by atoms with Gasteiger partial charge in [-0.3, -0.25) is 4.79 Å². The molecule has 2 nitrogen and oxygen atoms in total. The Hall–Kier alpha value is -0.790. The first-order valence-electron chi connectivity index (χ1n) is 8.63. The third kappa shape index (κ3) is 9.17. The van der Waals surface area contributed by atoms with E-state index in [1.807, 2.05) is 0 Å². The van der Waals surface area contributed by atoms with E-state index in [1.165, 1.54) is 76.9 Å². The summed E-state index contributed by atoms with van der Waals surface area (Å²) in [5, 5.41) is 0. The molecule has 1 rings (SSSR count). The van der Waals surface area contributed by atoms with E-state index in [0.29, 0.717) is 6.42 Å². The molecule has 0 aromatic rings. The largest absolute Gasteiger partial charge is 0.435 e. The fourth-order valence-electron chi connectivity index (χ4n) is 3.21. The van der Waals surface area contributed by atoms with Gasteiger partial charge in [-0.15, -0.1) is 0 Å². The van der Waals surface area contributed by atoms with E-state index in [2.05, 4.69) is 11.3 Å². The zero-order chi connectivity index (χ0) is 14.5. The van der Waals surface area contributed by atoms with Crippen molar-refractivity contribution in [1.82, 2.24) is 0 Å². The highest BCUT2D eigenvalue weighted by atomic mass is 16.5. The van der Waals surface area contributed by atoms with Crippen molar-refractivity contribution < 1.29 is 9.53 Å². The maximum atomic E-state index is 11.1. The molecule has 0 N–H and O–H groups in total. The third-order valence-electron chi connectivity index (χ3n) is 4.43. The lowest BCUT2D eigenvalue weighted by Gasteiger charge is -2.21. The maximum Gasteiger partial charge on any atom is 0.310 e. The predicted octanol–water partition coefficient (Wildman–Crippen LogP) is 5.76. The van der Waals surface area contributed by atoms with Crippen LogP contribution in [-0.4, -0.2) is 5.97 Å². The van der Waals surface area contributed by atoms with Gasteiger partial charge < -0.3 is 4.74 Å². The highest BCUT2D eigenvalue weighted by Gasteiger charge is 2.12. The van der Waals surface area contributed by atoms with Crippen molar-refractivity contribution in [2.75, 3.05) is 0 Å². The summed E-state index contributed by atoms with van der Waals surface area (Å²) in [6.45, 7) is 3.38. The van der Waals surface area contributed by atoms with Gasteiger partial charge in [0.25, 0.3) is 0 Å². The second-order valence-electron chi connectivity index (χ2n) is 6.17. The summed E-state index contributed by atoms with van der Waals surface area (Å²) >= 11 is 0. The Balaban J connectivity index is 1.78. The molecule has 0 radical (unpaired) electrons. The maximum absolute atomic E-state index is 11.1. The highest BCUT2D eigenvalue weighted by molar-refractivity contribution is 5.69. The molecular formula is C18H32O2. The summed E-state index contributed by atoms with van der Waals surface area (Å²) in [6, 6.07) is 0. The molecule has 0 spiro atoms. The standard InChI is InChI=1S/C18H32O2/c1-2-20-18(19)16-12-7-5-3-4-6-9-13-17-14-10-8-11-15-17/h2,17H,1,3-16H2. The normalized spacial score (nSPS) is 16.0. The molecule has 20 heavy (non-hydrogen) atoms. The molecule has 0 saturated heterocycles. The number of carbonyl (C=O) groups excluding carboxylic acids is 1. The molecule has 1 fully saturated rings. The SMILES string of the molecule is C=COC(=O)CCCCCCCCCC1CCCCC1. The molecule has 1 saturated carbocycles. The van der Waals surface area contributed by atoms with Crippen LogP contribution in [-0.2, 0) is 9.53 Å². The van der Waals surface area contributed by atoms with Crippen LogP contribution in [0.3, 0.4) is 0 Å². The molecule has 0 aromatic heterocycles. The molecule has 0 aliphatic heterocycles. The number of rotatable bonds is 11. The predicted molar refractivity (Wildman–Crippen MR) is 84.4 cm³/mol. The lowest BCUT2D eigenvalue weighted by molar-refractivity contribution is -0.138. The average molecular weight is 280 g/mol. The number of carbonyl (C=O) groups is 1. The van der Waals surface area contributed by atoms with Gasteiger partial charge >= 0.3 is 5.97 Å². The van der Waals surface area contributed by atoms with Gasteiger partial charge in [-0.25, -0.2) is 0 Å². The Morgan fingerprint density at radius 2 is 1.55 bits per heavy atom. The summed E-state index contributed by atoms with van der Waals surface area (Å²) in [5.41, 5.74) is 0. The van der Waals surface area contributed by atoms with Gasteiger partial charge in [0.1, 0.15) is 0 Å². The average Bonchev–Trinajstić information content (AvgIpc) is 2.47. The zero-order valence-corrected chi connectivity index (χ0v) is 13.1. The second-order valence-corrected chi connectivity index (χ2v) is 6.17. The fourth-order valence-corrected chi connectivity index (χ4v) is 3.21. The van der Waals surface area contributed by atoms with E-state index >= 15 is 0 Å². The topological polar surface area (TPSA) is 26.3 Å². The zero-order valence-electron chi connectivity index (χ0n) is 13.1. The number of hydrogen-bond donors (Lipinski definition) is 0. The van der Waals surface area contributed by atoms with Gasteiger partial charge in [-0.1, -0.05) is 83.6 Å². The van der Waals surface area contributed by atoms with Gasteiger partial charge in [0.15, 0.2) is 0 Å². The quantitative estimate of drug-likeness (QED) is 0.273. The van der Waals surface area contributed by atoms with Crippen LogP contribution in [0.2, 0.25) is 0 Å². The third-order valence-corrected chi connectivity index (χ3v) is 4.43. The molecule has 0 atom stereocenters. The van der Waals surface area contributed by atoms with E-state index in [9.17, 15) is 4.79 Å². The van der Waals surface area contributed by atoms with Gasteiger partial charge in [0.05, 0.1) is 6.26 Å². The van der Waals surface area contributed by atoms with Crippen LogP contribution in [0.1, 0.15) is 89.9 Å². The monoisotopic (exact) mass is 280 g/mol. The number of hydrogen-bond acceptors (Lipinski definition) is 2. The molecular weight excluding hydrogens is 248 g/mol. The van der Waals surface area contributed by atoms with Crippen molar-refractivity contribution >= 4 is 5.97 Å². The molecule has 0 aromatic carbocycles. The van der Waals surface area contributed by atoms with Crippen LogP contribution in [0.5, 0.6) is 0 Å². The van der Waals surface area contributed by atoms with Crippen LogP contribution >= 0.6 is 0 Å².